The Morgan fingerprint density at radius 3 is 2.19 bits per heavy atom. The first-order valence-electron chi connectivity index (χ1n) is 11.6. The van der Waals surface area contributed by atoms with Gasteiger partial charge in [0.25, 0.3) is 5.95 Å². The van der Waals surface area contributed by atoms with E-state index in [4.69, 9.17) is 26.4 Å². The fourth-order valence-corrected chi connectivity index (χ4v) is 4.00. The molecule has 0 aliphatic rings. The Morgan fingerprint density at radius 2 is 1.51 bits per heavy atom. The van der Waals surface area contributed by atoms with Gasteiger partial charge in [-0.1, -0.05) is 72.3 Å². The van der Waals surface area contributed by atoms with Crippen LogP contribution in [0.15, 0.2) is 113 Å². The van der Waals surface area contributed by atoms with Crippen LogP contribution in [0.2, 0.25) is 5.02 Å². The van der Waals surface area contributed by atoms with E-state index in [1.165, 1.54) is 12.3 Å². The molecule has 0 fully saturated rings. The number of hydrogen-bond acceptors (Lipinski definition) is 5. The Labute approximate surface area is 219 Å². The van der Waals surface area contributed by atoms with Crippen LogP contribution in [-0.4, -0.2) is 34.3 Å². The van der Waals surface area contributed by atoms with Gasteiger partial charge in [0.05, 0.1) is 13.3 Å². The molecule has 182 valence electrons. The maximum atomic E-state index is 10.3. The summed E-state index contributed by atoms with van der Waals surface area (Å²) in [4.78, 5) is 9.51. The summed E-state index contributed by atoms with van der Waals surface area (Å²) in [6, 6.07) is 32.2. The van der Waals surface area contributed by atoms with E-state index in [0.29, 0.717) is 16.5 Å². The Morgan fingerprint density at radius 1 is 0.838 bits per heavy atom. The molecule has 7 heteroatoms. The molecule has 1 aromatic heterocycles. The van der Waals surface area contributed by atoms with Gasteiger partial charge in [-0.15, -0.1) is 0 Å². The highest BCUT2D eigenvalue weighted by Gasteiger charge is 2.20. The minimum absolute atomic E-state index is 0.0690. The van der Waals surface area contributed by atoms with Crippen LogP contribution in [0.25, 0.3) is 22.5 Å². The molecule has 1 N–H and O–H groups in total. The Hall–Kier alpha value is -4.68. The van der Waals surface area contributed by atoms with Crippen molar-refractivity contribution in [2.24, 2.45) is 10.1 Å². The van der Waals surface area contributed by atoms with Crippen molar-refractivity contribution in [1.82, 2.24) is 9.66 Å². The zero-order valence-electron chi connectivity index (χ0n) is 20.0. The topological polar surface area (TPSA) is 72.0 Å². The molecule has 37 heavy (non-hydrogen) atoms. The molecule has 0 amide bonds. The summed E-state index contributed by atoms with van der Waals surface area (Å²) < 4.78 is 6.97. The molecule has 0 unspecified atom stereocenters. The molecule has 1 heterocycles. The molecule has 0 spiro atoms. The van der Waals surface area contributed by atoms with Crippen molar-refractivity contribution in [2.75, 3.05) is 7.11 Å². The van der Waals surface area contributed by atoms with E-state index in [1.807, 2.05) is 84.9 Å². The van der Waals surface area contributed by atoms with E-state index < -0.39 is 0 Å². The second kappa shape index (κ2) is 10.9. The molecule has 5 rings (SSSR count). The number of methoxy groups -OCH3 is 1. The lowest BCUT2D eigenvalue weighted by Gasteiger charge is -2.07. The zero-order chi connectivity index (χ0) is 25.6. The fraction of sp³-hybridized carbons (Fsp3) is 0.0333. The van der Waals surface area contributed by atoms with Crippen LogP contribution < -0.4 is 4.74 Å². The summed E-state index contributed by atoms with van der Waals surface area (Å²) in [5.41, 5.74) is 4.76. The molecule has 0 aliphatic carbocycles. The van der Waals surface area contributed by atoms with Crippen molar-refractivity contribution < 1.29 is 9.84 Å². The van der Waals surface area contributed by atoms with Crippen molar-refractivity contribution in [3.05, 3.63) is 119 Å². The van der Waals surface area contributed by atoms with Gasteiger partial charge in [-0.3, -0.25) is 0 Å². The normalized spacial score (nSPS) is 11.4. The third-order valence-electron chi connectivity index (χ3n) is 5.68. The molecular weight excluding hydrogens is 484 g/mol. The quantitative estimate of drug-likeness (QED) is 0.237. The molecule has 6 nitrogen and oxygen atoms in total. The third-order valence-corrected chi connectivity index (χ3v) is 5.91. The molecule has 0 aliphatic heterocycles. The highest BCUT2D eigenvalue weighted by molar-refractivity contribution is 6.30. The minimum atomic E-state index is 0.0690. The van der Waals surface area contributed by atoms with Crippen molar-refractivity contribution >= 4 is 30.0 Å². The van der Waals surface area contributed by atoms with Crippen LogP contribution in [-0.2, 0) is 0 Å². The second-order valence-corrected chi connectivity index (χ2v) is 8.57. The molecule has 5 aromatic rings. The van der Waals surface area contributed by atoms with Crippen molar-refractivity contribution in [2.45, 2.75) is 0 Å². The number of phenols is 1. The lowest BCUT2D eigenvalue weighted by molar-refractivity contribution is 0.415. The summed E-state index contributed by atoms with van der Waals surface area (Å²) in [6.45, 7) is 0. The van der Waals surface area contributed by atoms with E-state index in [2.05, 4.69) is 4.99 Å². The number of aromatic hydroxyl groups is 1. The summed E-state index contributed by atoms with van der Waals surface area (Å²) >= 11 is 6.13. The first kappa shape index (κ1) is 24.0. The minimum Gasteiger partial charge on any atom is -0.507 e. The van der Waals surface area contributed by atoms with E-state index in [0.717, 1.165) is 33.8 Å². The largest absolute Gasteiger partial charge is 0.507 e. The van der Waals surface area contributed by atoms with Crippen LogP contribution in [0.4, 0.5) is 5.95 Å². The number of ether oxygens (including phenoxy) is 1. The number of rotatable bonds is 7. The standard InChI is InChI=1S/C30H23ClN4O2/c1-37-26-15-12-21(13-16-26)19-33-35-29(23-10-6-3-7-11-23)28(22-8-4-2-5-9-22)34-30(35)32-20-24-18-25(31)14-17-27(24)36/h2-20,36H,1H3. The second-order valence-electron chi connectivity index (χ2n) is 8.13. The van der Waals surface area contributed by atoms with Gasteiger partial charge in [0.15, 0.2) is 0 Å². The monoisotopic (exact) mass is 506 g/mol. The number of phenolic OH excluding ortho intramolecular Hbond substituents is 1. The number of aromatic nitrogens is 2. The van der Waals surface area contributed by atoms with Crippen LogP contribution in [0.3, 0.4) is 0 Å². The van der Waals surface area contributed by atoms with Crippen LogP contribution in [0.1, 0.15) is 11.1 Å². The fourth-order valence-electron chi connectivity index (χ4n) is 3.82. The van der Waals surface area contributed by atoms with Crippen molar-refractivity contribution in [3.63, 3.8) is 0 Å². The van der Waals surface area contributed by atoms with Gasteiger partial charge in [-0.25, -0.2) is 9.98 Å². The van der Waals surface area contributed by atoms with Gasteiger partial charge in [0.2, 0.25) is 0 Å². The molecular formula is C30H23ClN4O2. The smallest absolute Gasteiger partial charge is 0.251 e. The number of benzene rings is 4. The number of nitrogens with zero attached hydrogens (tertiary/aromatic N) is 4. The van der Waals surface area contributed by atoms with E-state index in [9.17, 15) is 5.11 Å². The van der Waals surface area contributed by atoms with Crippen LogP contribution >= 0.6 is 11.6 Å². The van der Waals surface area contributed by atoms with Gasteiger partial charge in [-0.05, 0) is 48.0 Å². The summed E-state index contributed by atoms with van der Waals surface area (Å²) in [5.74, 6) is 1.18. The summed E-state index contributed by atoms with van der Waals surface area (Å²) in [6.07, 6.45) is 3.28. The van der Waals surface area contributed by atoms with Crippen LogP contribution in [0.5, 0.6) is 11.5 Å². The van der Waals surface area contributed by atoms with Gasteiger partial charge in [-0.2, -0.15) is 9.78 Å². The summed E-state index contributed by atoms with van der Waals surface area (Å²) in [5, 5.41) is 15.6. The third kappa shape index (κ3) is 5.44. The van der Waals surface area contributed by atoms with Crippen LogP contribution in [0, 0.1) is 0 Å². The number of hydrogen-bond donors (Lipinski definition) is 1. The molecule has 0 saturated carbocycles. The first-order chi connectivity index (χ1) is 18.1. The highest BCUT2D eigenvalue weighted by atomic mass is 35.5. The van der Waals surface area contributed by atoms with Gasteiger partial charge < -0.3 is 9.84 Å². The van der Waals surface area contributed by atoms with E-state index in [-0.39, 0.29) is 5.75 Å². The number of aliphatic imine (C=N–C) groups is 1. The maximum absolute atomic E-state index is 10.3. The predicted octanol–water partition coefficient (Wildman–Crippen LogP) is 7.22. The molecule has 0 atom stereocenters. The first-order valence-corrected chi connectivity index (χ1v) is 11.9. The number of halogens is 1. The molecule has 0 bridgehead atoms. The molecule has 0 saturated heterocycles. The Bertz CT molecular complexity index is 1560. The Balaban J connectivity index is 1.69. The number of imidazole rings is 1. The Kier molecular flexibility index (Phi) is 7.10. The van der Waals surface area contributed by atoms with E-state index >= 15 is 0 Å². The van der Waals surface area contributed by atoms with Gasteiger partial charge in [0, 0.05) is 27.9 Å². The SMILES string of the molecule is COc1ccc(C=Nn2c(N=Cc3cc(Cl)ccc3O)nc(-c3ccccc3)c2-c2ccccc2)cc1. The lowest BCUT2D eigenvalue weighted by Crippen LogP contribution is -1.95. The average molecular weight is 507 g/mol. The maximum Gasteiger partial charge on any atom is 0.251 e. The predicted molar refractivity (Wildman–Crippen MR) is 149 cm³/mol. The average Bonchev–Trinajstić information content (AvgIpc) is 3.32. The summed E-state index contributed by atoms with van der Waals surface area (Å²) in [7, 11) is 1.63. The van der Waals surface area contributed by atoms with Gasteiger partial charge >= 0.3 is 0 Å². The highest BCUT2D eigenvalue weighted by Crippen LogP contribution is 2.35. The zero-order valence-corrected chi connectivity index (χ0v) is 20.7. The van der Waals surface area contributed by atoms with Crippen molar-refractivity contribution in [3.8, 4) is 34.0 Å². The lowest BCUT2D eigenvalue weighted by atomic mass is 10.1. The van der Waals surface area contributed by atoms with Crippen molar-refractivity contribution in [1.29, 1.82) is 0 Å². The van der Waals surface area contributed by atoms with E-state index in [1.54, 1.807) is 30.1 Å². The molecule has 0 radical (unpaired) electrons. The molecule has 4 aromatic carbocycles. The van der Waals surface area contributed by atoms with Gasteiger partial charge in [0.1, 0.15) is 22.9 Å².